The Morgan fingerprint density at radius 1 is 0.298 bits per heavy atom. The van der Waals surface area contributed by atoms with E-state index in [0.717, 1.165) is 34.9 Å². The van der Waals surface area contributed by atoms with Gasteiger partial charge in [-0.25, -0.2) is 36.3 Å². The number of anilines is 4. The number of rotatable bonds is 58. The first kappa shape index (κ1) is 93.3. The molecule has 2 aromatic heterocycles. The summed E-state index contributed by atoms with van der Waals surface area (Å²) >= 11 is 2.23. The molecule has 0 saturated carbocycles. The lowest BCUT2D eigenvalue weighted by molar-refractivity contribution is -0.0279. The molecule has 33 heteroatoms. The fraction of sp³-hybridized carbons (Fsp3) is 0.386. The van der Waals surface area contributed by atoms with E-state index in [1.807, 2.05) is 36.0 Å². The minimum Gasteiger partial charge on any atom is -0.494 e. The van der Waals surface area contributed by atoms with Crippen LogP contribution in [0, 0.1) is 34.9 Å². The van der Waals surface area contributed by atoms with E-state index < -0.39 is 34.9 Å². The number of hydrogen-bond acceptors (Lipinski definition) is 25. The Morgan fingerprint density at radius 3 is 0.975 bits per heavy atom. The molecular formula is C88H102F6N6O19S2. The van der Waals surface area contributed by atoms with Gasteiger partial charge >= 0.3 is 0 Å². The lowest BCUT2D eigenvalue weighted by Gasteiger charge is -2.23. The van der Waals surface area contributed by atoms with Crippen molar-refractivity contribution in [3.8, 4) is 79.6 Å². The van der Waals surface area contributed by atoms with Crippen LogP contribution < -0.4 is 47.7 Å². The van der Waals surface area contributed by atoms with Crippen LogP contribution in [0.25, 0.3) is 33.6 Å². The molecular weight excluding hydrogens is 1620 g/mol. The zero-order chi connectivity index (χ0) is 85.5. The van der Waals surface area contributed by atoms with E-state index in [1.54, 1.807) is 128 Å². The molecule has 652 valence electrons. The first-order valence-corrected chi connectivity index (χ1v) is 40.9. The van der Waals surface area contributed by atoms with Crippen molar-refractivity contribution in [1.82, 2.24) is 19.1 Å². The van der Waals surface area contributed by atoms with Crippen molar-refractivity contribution in [2.24, 2.45) is 0 Å². The Hall–Kier alpha value is -9.98. The summed E-state index contributed by atoms with van der Waals surface area (Å²) in [5.41, 5.74) is 4.06. The second-order valence-corrected chi connectivity index (χ2v) is 28.1. The first-order valence-electron chi connectivity index (χ1n) is 38.9. The molecule has 0 saturated heterocycles. The molecule has 8 aromatic carbocycles. The van der Waals surface area contributed by atoms with Crippen LogP contribution in [0.2, 0.25) is 0 Å². The van der Waals surface area contributed by atoms with Crippen molar-refractivity contribution in [2.75, 3.05) is 225 Å². The number of methoxy groups -OCH3 is 6. The topological polar surface area (TPSA) is 217 Å². The lowest BCUT2D eigenvalue weighted by Crippen LogP contribution is -2.15. The Morgan fingerprint density at radius 2 is 0.628 bits per heavy atom. The minimum atomic E-state index is -0.723. The van der Waals surface area contributed by atoms with E-state index in [4.69, 9.17) is 90.0 Å². The molecule has 0 aliphatic rings. The third-order valence-electron chi connectivity index (χ3n) is 18.5. The normalized spacial score (nSPS) is 11.4. The summed E-state index contributed by atoms with van der Waals surface area (Å²) in [4.78, 5) is 13.0. The van der Waals surface area contributed by atoms with Gasteiger partial charge < -0.3 is 99.8 Å². The second kappa shape index (κ2) is 50.4. The SMILES string of the molecule is COc1cc(-n2c(N(C)c3ccc(OC)c(OC)c3)cnc2SCc2c(F)cc(-c3ccc(OCCOCCOCCOCCOCCOCCOCCOCCOCCOCCOCCOCCOc4ccc(-c5cc(F)c(CSc6ncc(N(C)c7ccc(OC)c(OC)c7)n6-c6ccc(F)cc6OC)c(F)c5)cc4)cc3)cc2F)ccc1F. The van der Waals surface area contributed by atoms with Crippen molar-refractivity contribution in [3.05, 3.63) is 204 Å². The van der Waals surface area contributed by atoms with E-state index in [9.17, 15) is 8.78 Å². The standard InChI is InChI=1S/C88H102F6N6O19S2/c1-97(66-15-23-79(101-3)83(54-66)105-7)85-57-95-87(99(85)68-14-21-73(90)81(56-68)103-5)120-59-71-74(91)49-63(50-75(71)92)61-9-17-69(18-10-61)118-47-45-116-43-41-114-39-37-112-35-33-110-31-29-108-27-25-107-26-28-109-30-32-111-34-36-113-38-40-115-42-44-117-46-48-119-70-19-11-62(12-20-70)64-51-76(93)72(77(94)52-64)60-121-88-96-58-86(100(88)78-22-13-65(89)53-82(78)104-6)98(2)67-16-24-80(102-4)84(55-67)106-8/h9-24,49-58H,25-48,59-60H2,1-8H3. The zero-order valence-electron chi connectivity index (χ0n) is 68.9. The van der Waals surface area contributed by atoms with Crippen molar-refractivity contribution in [1.29, 1.82) is 0 Å². The summed E-state index contributed by atoms with van der Waals surface area (Å²) in [5, 5.41) is 0.776. The average molecular weight is 1730 g/mol. The van der Waals surface area contributed by atoms with Gasteiger partial charge in [0.25, 0.3) is 0 Å². The van der Waals surface area contributed by atoms with Crippen LogP contribution in [0.1, 0.15) is 11.1 Å². The molecule has 25 nitrogen and oxygen atoms in total. The average Bonchev–Trinajstić information content (AvgIpc) is 1.67. The Balaban J connectivity index is 0.473. The maximum atomic E-state index is 15.8. The molecule has 0 aliphatic carbocycles. The molecule has 0 amide bonds. The summed E-state index contributed by atoms with van der Waals surface area (Å²) in [5.74, 6) is 0.478. The first-order chi connectivity index (χ1) is 59.1. The molecule has 0 unspecified atom stereocenters. The molecule has 0 fully saturated rings. The van der Waals surface area contributed by atoms with Crippen LogP contribution in [0.15, 0.2) is 168 Å². The maximum absolute atomic E-state index is 15.8. The molecule has 10 rings (SSSR count). The van der Waals surface area contributed by atoms with Gasteiger partial charge in [0.2, 0.25) is 0 Å². The third-order valence-corrected chi connectivity index (χ3v) is 20.4. The van der Waals surface area contributed by atoms with E-state index in [1.165, 1.54) is 69.9 Å². The molecule has 0 N–H and O–H groups in total. The molecule has 0 radical (unpaired) electrons. The van der Waals surface area contributed by atoms with Gasteiger partial charge in [-0.05, 0) is 119 Å². The lowest BCUT2D eigenvalue weighted by atomic mass is 10.0. The van der Waals surface area contributed by atoms with Crippen LogP contribution >= 0.6 is 23.5 Å². The highest BCUT2D eigenvalue weighted by Gasteiger charge is 2.26. The number of nitrogens with zero attached hydrogens (tertiary/aromatic N) is 6. The second-order valence-electron chi connectivity index (χ2n) is 26.2. The highest BCUT2D eigenvalue weighted by atomic mass is 32.2. The summed E-state index contributed by atoms with van der Waals surface area (Å²) in [7, 11) is 12.6. The number of ether oxygens (including phenoxy) is 19. The number of hydrogen-bond donors (Lipinski definition) is 0. The summed E-state index contributed by atoms with van der Waals surface area (Å²) in [6.45, 7) is 9.45. The van der Waals surface area contributed by atoms with Gasteiger partial charge in [-0.2, -0.15) is 0 Å². The van der Waals surface area contributed by atoms with Crippen LogP contribution in [0.3, 0.4) is 0 Å². The van der Waals surface area contributed by atoms with Crippen LogP contribution in [-0.4, -0.2) is 234 Å². The van der Waals surface area contributed by atoms with E-state index in [-0.39, 0.29) is 47.3 Å². The highest BCUT2D eigenvalue weighted by molar-refractivity contribution is 7.98. The Bertz CT molecular complexity index is 4740. The van der Waals surface area contributed by atoms with Crippen molar-refractivity contribution in [3.63, 3.8) is 0 Å². The number of halogens is 6. The summed E-state index contributed by atoms with van der Waals surface area (Å²) in [6.07, 6.45) is 3.24. The number of thioether (sulfide) groups is 2. The van der Waals surface area contributed by atoms with Gasteiger partial charge in [-0.1, -0.05) is 47.8 Å². The van der Waals surface area contributed by atoms with Gasteiger partial charge in [-0.3, -0.25) is 9.13 Å². The minimum absolute atomic E-state index is 0.0145. The van der Waals surface area contributed by atoms with Gasteiger partial charge in [0.05, 0.1) is 212 Å². The Labute approximate surface area is 709 Å². The third kappa shape index (κ3) is 28.0. The number of imidazole rings is 2. The maximum Gasteiger partial charge on any atom is 0.174 e. The molecule has 121 heavy (non-hydrogen) atoms. The smallest absolute Gasteiger partial charge is 0.174 e. The Kier molecular flexibility index (Phi) is 38.9. The van der Waals surface area contributed by atoms with Gasteiger partial charge in [0.15, 0.2) is 44.9 Å². The molecule has 0 aliphatic heterocycles. The predicted molar refractivity (Wildman–Crippen MR) is 448 cm³/mol. The van der Waals surface area contributed by atoms with Crippen molar-refractivity contribution in [2.45, 2.75) is 21.8 Å². The fourth-order valence-corrected chi connectivity index (χ4v) is 14.1. The number of benzene rings is 8. The monoisotopic (exact) mass is 1720 g/mol. The van der Waals surface area contributed by atoms with Gasteiger partial charge in [-0.15, -0.1) is 0 Å². The van der Waals surface area contributed by atoms with Gasteiger partial charge in [0, 0.05) is 72.4 Å². The predicted octanol–water partition coefficient (Wildman–Crippen LogP) is 16.0. The summed E-state index contributed by atoms with van der Waals surface area (Å²) < 4.78 is 202. The van der Waals surface area contributed by atoms with E-state index >= 15 is 17.6 Å². The highest BCUT2D eigenvalue weighted by Crippen LogP contribution is 2.42. The fourth-order valence-electron chi connectivity index (χ4n) is 12.1. The summed E-state index contributed by atoms with van der Waals surface area (Å²) in [6, 6.07) is 38.4. The number of aromatic nitrogens is 4. The van der Waals surface area contributed by atoms with E-state index in [2.05, 4.69) is 9.97 Å². The van der Waals surface area contributed by atoms with Crippen molar-refractivity contribution >= 4 is 46.5 Å². The molecule has 0 atom stereocenters. The van der Waals surface area contributed by atoms with Crippen LogP contribution in [0.4, 0.5) is 49.4 Å². The molecule has 0 bridgehead atoms. The molecule has 10 aromatic rings. The van der Waals surface area contributed by atoms with E-state index in [0.29, 0.717) is 235 Å². The molecule has 2 heterocycles. The van der Waals surface area contributed by atoms with Crippen LogP contribution in [-0.2, 0) is 63.6 Å². The van der Waals surface area contributed by atoms with Gasteiger partial charge in [0.1, 0.15) is 71.2 Å². The quantitative estimate of drug-likeness (QED) is 0.0197. The van der Waals surface area contributed by atoms with Crippen molar-refractivity contribution < 1.29 is 116 Å². The largest absolute Gasteiger partial charge is 0.494 e. The van der Waals surface area contributed by atoms with Crippen LogP contribution in [0.5, 0.6) is 46.0 Å². The molecule has 0 spiro atoms. The zero-order valence-corrected chi connectivity index (χ0v) is 70.6.